The summed E-state index contributed by atoms with van der Waals surface area (Å²) < 4.78 is 9.57. The molecule has 0 bridgehead atoms. The molecule has 0 aromatic heterocycles. The quantitative estimate of drug-likeness (QED) is 0.491. The third-order valence-corrected chi connectivity index (χ3v) is 1.22. The molecule has 0 aromatic rings. The Morgan fingerprint density at radius 3 is 3.20 bits per heavy atom. The van der Waals surface area contributed by atoms with E-state index in [9.17, 15) is 4.79 Å². The van der Waals surface area contributed by atoms with Crippen LogP contribution in [0.1, 0.15) is 6.92 Å². The molecule has 1 saturated heterocycles. The first-order valence-corrected chi connectivity index (χ1v) is 3.25. The van der Waals surface area contributed by atoms with E-state index < -0.39 is 0 Å². The van der Waals surface area contributed by atoms with Gasteiger partial charge in [-0.25, -0.2) is 0 Å². The second-order valence-corrected chi connectivity index (χ2v) is 1.95. The summed E-state index contributed by atoms with van der Waals surface area (Å²) in [5.74, 6) is -0.278. The summed E-state index contributed by atoms with van der Waals surface area (Å²) in [6.07, 6.45) is 0. The van der Waals surface area contributed by atoms with Crippen molar-refractivity contribution in [1.82, 2.24) is 5.32 Å². The smallest absolute Gasteiger partial charge is 0.327 e. The monoisotopic (exact) mass is 144 g/mol. The predicted molar refractivity (Wildman–Crippen MR) is 33.4 cm³/mol. The molecule has 1 radical (unpaired) electrons. The van der Waals surface area contributed by atoms with Crippen molar-refractivity contribution in [2.75, 3.05) is 19.9 Å². The number of esters is 1. The van der Waals surface area contributed by atoms with E-state index in [0.29, 0.717) is 19.9 Å². The molecular formula is C6H10NO3. The van der Waals surface area contributed by atoms with Crippen LogP contribution in [0.15, 0.2) is 0 Å². The van der Waals surface area contributed by atoms with Crippen LogP contribution >= 0.6 is 0 Å². The average Bonchev–Trinajstić information content (AvgIpc) is 2.38. The van der Waals surface area contributed by atoms with E-state index in [1.54, 1.807) is 6.92 Å². The molecule has 0 aliphatic carbocycles. The van der Waals surface area contributed by atoms with E-state index >= 15 is 0 Å². The summed E-state index contributed by atoms with van der Waals surface area (Å²) in [6.45, 7) is 2.88. The van der Waals surface area contributed by atoms with Gasteiger partial charge in [-0.2, -0.15) is 5.32 Å². The molecule has 0 amide bonds. The normalized spacial score (nSPS) is 24.7. The van der Waals surface area contributed by atoms with Crippen LogP contribution in [0, 0.1) is 0 Å². The van der Waals surface area contributed by atoms with Crippen LogP contribution in [0.5, 0.6) is 0 Å². The van der Waals surface area contributed by atoms with Gasteiger partial charge in [0.1, 0.15) is 12.8 Å². The Hall–Kier alpha value is -0.610. The molecule has 0 aromatic carbocycles. The summed E-state index contributed by atoms with van der Waals surface area (Å²) in [5, 5.41) is 3.86. The first-order valence-electron chi connectivity index (χ1n) is 3.25. The molecule has 10 heavy (non-hydrogen) atoms. The molecule has 1 unspecified atom stereocenters. The first-order chi connectivity index (χ1) is 4.84. The number of nitrogens with zero attached hydrogens (tertiary/aromatic N) is 1. The van der Waals surface area contributed by atoms with E-state index in [1.165, 1.54) is 0 Å². The zero-order valence-corrected chi connectivity index (χ0v) is 5.87. The topological polar surface area (TPSA) is 49.6 Å². The van der Waals surface area contributed by atoms with Crippen LogP contribution in [-0.2, 0) is 14.3 Å². The van der Waals surface area contributed by atoms with Crippen LogP contribution in [0.25, 0.3) is 0 Å². The van der Waals surface area contributed by atoms with Crippen LogP contribution in [0.4, 0.5) is 0 Å². The van der Waals surface area contributed by atoms with Crippen molar-refractivity contribution in [1.29, 1.82) is 0 Å². The van der Waals surface area contributed by atoms with Crippen molar-refractivity contribution < 1.29 is 14.3 Å². The number of ether oxygens (including phenoxy) is 2. The Kier molecular flexibility index (Phi) is 2.65. The Balaban J connectivity index is 2.25. The zero-order valence-electron chi connectivity index (χ0n) is 5.87. The van der Waals surface area contributed by atoms with Crippen molar-refractivity contribution in [3.05, 3.63) is 0 Å². The fraction of sp³-hybridized carbons (Fsp3) is 0.833. The lowest BCUT2D eigenvalue weighted by Crippen LogP contribution is -2.30. The lowest BCUT2D eigenvalue weighted by atomic mass is 10.3. The van der Waals surface area contributed by atoms with Gasteiger partial charge in [0.05, 0.1) is 13.2 Å². The molecule has 4 heteroatoms. The second kappa shape index (κ2) is 3.53. The molecule has 1 atom stereocenters. The predicted octanol–water partition coefficient (Wildman–Crippen LogP) is -0.490. The summed E-state index contributed by atoms with van der Waals surface area (Å²) in [4.78, 5) is 10.8. The third kappa shape index (κ3) is 1.68. The summed E-state index contributed by atoms with van der Waals surface area (Å²) >= 11 is 0. The number of carbonyl (C=O) groups excluding carboxylic acids is 1. The molecule has 1 aliphatic heterocycles. The molecule has 1 heterocycles. The Morgan fingerprint density at radius 1 is 1.90 bits per heavy atom. The molecule has 57 valence electrons. The fourth-order valence-corrected chi connectivity index (χ4v) is 0.741. The molecule has 0 N–H and O–H groups in total. The molecule has 1 rings (SSSR count). The van der Waals surface area contributed by atoms with Crippen molar-refractivity contribution in [3.63, 3.8) is 0 Å². The van der Waals surface area contributed by atoms with Crippen LogP contribution in [0.2, 0.25) is 0 Å². The minimum atomic E-state index is -0.375. The number of hydrogen-bond acceptors (Lipinski definition) is 3. The Morgan fingerprint density at radius 2 is 2.70 bits per heavy atom. The Bertz CT molecular complexity index is 120. The molecule has 4 nitrogen and oxygen atoms in total. The molecule has 1 aliphatic rings. The van der Waals surface area contributed by atoms with Crippen molar-refractivity contribution >= 4 is 5.97 Å². The van der Waals surface area contributed by atoms with E-state index in [0.717, 1.165) is 0 Å². The summed E-state index contributed by atoms with van der Waals surface area (Å²) in [6, 6.07) is -0.375. The van der Waals surface area contributed by atoms with Gasteiger partial charge in [-0.3, -0.25) is 4.79 Å². The van der Waals surface area contributed by atoms with Gasteiger partial charge in [-0.15, -0.1) is 0 Å². The molecule has 1 fully saturated rings. The fourth-order valence-electron chi connectivity index (χ4n) is 0.741. The third-order valence-electron chi connectivity index (χ3n) is 1.22. The highest BCUT2D eigenvalue weighted by Crippen LogP contribution is 1.98. The highest BCUT2D eigenvalue weighted by Gasteiger charge is 2.24. The summed E-state index contributed by atoms with van der Waals surface area (Å²) in [7, 11) is 0. The van der Waals surface area contributed by atoms with E-state index in [2.05, 4.69) is 5.32 Å². The maximum absolute atomic E-state index is 10.8. The van der Waals surface area contributed by atoms with Gasteiger partial charge < -0.3 is 9.47 Å². The SMILES string of the molecule is CCOC(=O)C1COC[N]1. The van der Waals surface area contributed by atoms with Gasteiger partial charge in [0.15, 0.2) is 0 Å². The summed E-state index contributed by atoms with van der Waals surface area (Å²) in [5.41, 5.74) is 0. The van der Waals surface area contributed by atoms with Gasteiger partial charge in [-0.05, 0) is 6.92 Å². The maximum Gasteiger partial charge on any atom is 0.327 e. The Labute approximate surface area is 59.5 Å². The van der Waals surface area contributed by atoms with Crippen LogP contribution in [0.3, 0.4) is 0 Å². The zero-order chi connectivity index (χ0) is 7.40. The highest BCUT2D eigenvalue weighted by atomic mass is 16.5. The van der Waals surface area contributed by atoms with Crippen molar-refractivity contribution in [3.8, 4) is 0 Å². The maximum atomic E-state index is 10.8. The minimum absolute atomic E-state index is 0.278. The highest BCUT2D eigenvalue weighted by molar-refractivity contribution is 5.76. The number of rotatable bonds is 2. The van der Waals surface area contributed by atoms with Crippen LogP contribution < -0.4 is 5.32 Å². The van der Waals surface area contributed by atoms with E-state index in [1.807, 2.05) is 0 Å². The van der Waals surface area contributed by atoms with Gasteiger partial charge in [0.2, 0.25) is 0 Å². The molecular weight excluding hydrogens is 134 g/mol. The standard InChI is InChI=1S/C6H10NO3/c1-2-10-6(8)5-3-9-4-7-5/h5H,2-4H2,1H3. The lowest BCUT2D eigenvalue weighted by Gasteiger charge is -2.04. The van der Waals surface area contributed by atoms with Gasteiger partial charge in [-0.1, -0.05) is 0 Å². The van der Waals surface area contributed by atoms with E-state index in [-0.39, 0.29) is 12.0 Å². The minimum Gasteiger partial charge on any atom is -0.465 e. The average molecular weight is 144 g/mol. The van der Waals surface area contributed by atoms with E-state index in [4.69, 9.17) is 9.47 Å². The van der Waals surface area contributed by atoms with Gasteiger partial charge in [0.25, 0.3) is 0 Å². The second-order valence-electron chi connectivity index (χ2n) is 1.95. The molecule has 0 saturated carbocycles. The molecule has 0 spiro atoms. The van der Waals surface area contributed by atoms with Crippen molar-refractivity contribution in [2.45, 2.75) is 13.0 Å². The van der Waals surface area contributed by atoms with Crippen molar-refractivity contribution in [2.24, 2.45) is 0 Å². The largest absolute Gasteiger partial charge is 0.465 e. The number of carbonyl (C=O) groups is 1. The first kappa shape index (κ1) is 7.50. The van der Waals surface area contributed by atoms with Crippen LogP contribution in [-0.4, -0.2) is 32.0 Å². The number of hydrogen-bond donors (Lipinski definition) is 0. The van der Waals surface area contributed by atoms with Gasteiger partial charge >= 0.3 is 5.97 Å². The lowest BCUT2D eigenvalue weighted by molar-refractivity contribution is -0.145. The van der Waals surface area contributed by atoms with Gasteiger partial charge in [0, 0.05) is 0 Å².